The van der Waals surface area contributed by atoms with Gasteiger partial charge < -0.3 is 25.3 Å². The van der Waals surface area contributed by atoms with E-state index in [-0.39, 0.29) is 24.1 Å². The van der Waals surface area contributed by atoms with Crippen LogP contribution in [-0.4, -0.2) is 41.6 Å². The number of thioether (sulfide) groups is 1. The number of nitrogens with one attached hydrogen (secondary N) is 3. The molecule has 0 unspecified atom stereocenters. The Labute approximate surface area is 262 Å². The molecule has 1 aliphatic rings. The van der Waals surface area contributed by atoms with Crippen molar-refractivity contribution in [1.82, 2.24) is 16.0 Å². The van der Waals surface area contributed by atoms with E-state index in [1.165, 1.54) is 0 Å². The lowest BCUT2D eigenvalue weighted by atomic mass is 9.98. The number of para-hydroxylation sites is 1. The standard InChI is InChI=1S/C35H38N4O4S/c1-4-36-33(41)28-12-6-5-11-27(28)25-17-15-24(16-18-25)22-39-30-13-7-8-14-31(30)44-23-29(34(39)42)38-32(40)20-35(2,3)37-21-26-10-9-19-43-26/h5-19,29,37H,4,20-23H2,1-3H3,(H,36,41)(H,38,40)/t29-/m1/s1. The van der Waals surface area contributed by atoms with Crippen LogP contribution in [-0.2, 0) is 22.7 Å². The summed E-state index contributed by atoms with van der Waals surface area (Å²) in [6, 6.07) is 26.3. The summed E-state index contributed by atoms with van der Waals surface area (Å²) in [5.41, 5.74) is 3.65. The van der Waals surface area contributed by atoms with Crippen LogP contribution in [0.1, 0.15) is 48.9 Å². The number of hydrogen-bond donors (Lipinski definition) is 3. The Morgan fingerprint density at radius 3 is 2.48 bits per heavy atom. The highest BCUT2D eigenvalue weighted by Gasteiger charge is 2.33. The van der Waals surface area contributed by atoms with Gasteiger partial charge in [0.25, 0.3) is 11.8 Å². The minimum atomic E-state index is -0.677. The largest absolute Gasteiger partial charge is 0.468 e. The summed E-state index contributed by atoms with van der Waals surface area (Å²) in [5.74, 6) is 0.779. The maximum Gasteiger partial charge on any atom is 0.251 e. The third kappa shape index (κ3) is 7.59. The van der Waals surface area contributed by atoms with Crippen LogP contribution in [0.5, 0.6) is 0 Å². The first-order chi connectivity index (χ1) is 21.2. The summed E-state index contributed by atoms with van der Waals surface area (Å²) in [7, 11) is 0. The zero-order valence-corrected chi connectivity index (χ0v) is 26.1. The fourth-order valence-corrected chi connectivity index (χ4v) is 6.30. The molecule has 0 spiro atoms. The highest BCUT2D eigenvalue weighted by molar-refractivity contribution is 7.99. The summed E-state index contributed by atoms with van der Waals surface area (Å²) in [4.78, 5) is 42.6. The van der Waals surface area contributed by atoms with E-state index in [0.717, 1.165) is 33.0 Å². The van der Waals surface area contributed by atoms with Crippen molar-refractivity contribution in [3.8, 4) is 11.1 Å². The number of carbonyl (C=O) groups excluding carboxylic acids is 3. The summed E-state index contributed by atoms with van der Waals surface area (Å²) in [6.45, 7) is 7.22. The van der Waals surface area contributed by atoms with E-state index >= 15 is 0 Å². The van der Waals surface area contributed by atoms with Gasteiger partial charge >= 0.3 is 0 Å². The Balaban J connectivity index is 1.31. The molecule has 0 radical (unpaired) electrons. The number of amides is 3. The van der Waals surface area contributed by atoms with Crippen LogP contribution in [0.15, 0.2) is 101 Å². The number of rotatable bonds is 11. The Bertz CT molecular complexity index is 1600. The Morgan fingerprint density at radius 1 is 0.977 bits per heavy atom. The van der Waals surface area contributed by atoms with Gasteiger partial charge in [-0.1, -0.05) is 54.6 Å². The molecule has 228 valence electrons. The third-order valence-electron chi connectivity index (χ3n) is 7.50. The van der Waals surface area contributed by atoms with Crippen LogP contribution >= 0.6 is 11.8 Å². The van der Waals surface area contributed by atoms with Crippen molar-refractivity contribution < 1.29 is 18.8 Å². The van der Waals surface area contributed by atoms with Crippen molar-refractivity contribution in [2.75, 3.05) is 17.2 Å². The van der Waals surface area contributed by atoms with Crippen LogP contribution < -0.4 is 20.9 Å². The molecule has 0 fully saturated rings. The summed E-state index contributed by atoms with van der Waals surface area (Å²) in [5, 5.41) is 9.25. The van der Waals surface area contributed by atoms with Crippen molar-refractivity contribution in [2.45, 2.75) is 56.8 Å². The zero-order valence-electron chi connectivity index (χ0n) is 25.3. The molecule has 3 aromatic carbocycles. The molecular formula is C35H38N4O4S. The van der Waals surface area contributed by atoms with E-state index in [1.54, 1.807) is 22.9 Å². The molecule has 3 amide bonds. The fourth-order valence-electron chi connectivity index (χ4n) is 5.23. The van der Waals surface area contributed by atoms with Gasteiger partial charge in [-0.15, -0.1) is 11.8 Å². The molecule has 4 aromatic rings. The average molecular weight is 611 g/mol. The predicted molar refractivity (Wildman–Crippen MR) is 174 cm³/mol. The molecule has 3 N–H and O–H groups in total. The van der Waals surface area contributed by atoms with Crippen LogP contribution in [0.4, 0.5) is 5.69 Å². The summed E-state index contributed by atoms with van der Waals surface area (Å²) >= 11 is 1.57. The van der Waals surface area contributed by atoms with Gasteiger partial charge in [-0.3, -0.25) is 14.4 Å². The number of anilines is 1. The molecule has 0 saturated heterocycles. The van der Waals surface area contributed by atoms with Gasteiger partial charge in [0.1, 0.15) is 11.8 Å². The van der Waals surface area contributed by atoms with Crippen molar-refractivity contribution in [3.05, 3.63) is 108 Å². The van der Waals surface area contributed by atoms with Gasteiger partial charge in [0.05, 0.1) is 25.0 Å². The van der Waals surface area contributed by atoms with E-state index in [1.807, 2.05) is 106 Å². The van der Waals surface area contributed by atoms with Crippen molar-refractivity contribution in [3.63, 3.8) is 0 Å². The maximum absolute atomic E-state index is 14.0. The van der Waals surface area contributed by atoms with Crippen LogP contribution in [0.3, 0.4) is 0 Å². The van der Waals surface area contributed by atoms with E-state index in [4.69, 9.17) is 4.42 Å². The van der Waals surface area contributed by atoms with Crippen LogP contribution in [0, 0.1) is 0 Å². The number of nitrogens with zero attached hydrogens (tertiary/aromatic N) is 1. The van der Waals surface area contributed by atoms with Gasteiger partial charge in [0, 0.05) is 34.7 Å². The molecule has 8 nitrogen and oxygen atoms in total. The second kappa shape index (κ2) is 14.0. The van der Waals surface area contributed by atoms with Gasteiger partial charge in [0.2, 0.25) is 5.91 Å². The molecule has 0 aliphatic carbocycles. The van der Waals surface area contributed by atoms with Gasteiger partial charge in [-0.2, -0.15) is 0 Å². The lowest BCUT2D eigenvalue weighted by molar-refractivity contribution is -0.127. The zero-order chi connectivity index (χ0) is 31.1. The Hall–Kier alpha value is -4.34. The maximum atomic E-state index is 14.0. The van der Waals surface area contributed by atoms with E-state index in [0.29, 0.717) is 31.0 Å². The molecule has 9 heteroatoms. The van der Waals surface area contributed by atoms with Gasteiger partial charge in [-0.25, -0.2) is 0 Å². The summed E-state index contributed by atoms with van der Waals surface area (Å²) < 4.78 is 5.40. The van der Waals surface area contributed by atoms with E-state index in [9.17, 15) is 14.4 Å². The number of furan rings is 1. The molecular weight excluding hydrogens is 572 g/mol. The fraction of sp³-hybridized carbons (Fsp3) is 0.286. The van der Waals surface area contributed by atoms with E-state index < -0.39 is 11.6 Å². The average Bonchev–Trinajstić information content (AvgIpc) is 3.51. The third-order valence-corrected chi connectivity index (χ3v) is 8.66. The smallest absolute Gasteiger partial charge is 0.251 e. The molecule has 44 heavy (non-hydrogen) atoms. The van der Waals surface area contributed by atoms with Crippen molar-refractivity contribution in [1.29, 1.82) is 0 Å². The predicted octanol–water partition coefficient (Wildman–Crippen LogP) is 5.78. The monoisotopic (exact) mass is 610 g/mol. The quantitative estimate of drug-likeness (QED) is 0.199. The topological polar surface area (TPSA) is 104 Å². The molecule has 0 bridgehead atoms. The first-order valence-corrected chi connectivity index (χ1v) is 15.8. The van der Waals surface area contributed by atoms with Crippen LogP contribution in [0.2, 0.25) is 0 Å². The highest BCUT2D eigenvalue weighted by Crippen LogP contribution is 2.35. The Kier molecular flexibility index (Phi) is 9.87. The first kappa shape index (κ1) is 31.1. The number of fused-ring (bicyclic) bond motifs is 1. The number of carbonyl (C=O) groups is 3. The minimum absolute atomic E-state index is 0.110. The Morgan fingerprint density at radius 2 is 1.73 bits per heavy atom. The molecule has 1 aromatic heterocycles. The normalized spacial score (nSPS) is 14.9. The second-order valence-electron chi connectivity index (χ2n) is 11.4. The highest BCUT2D eigenvalue weighted by atomic mass is 32.2. The number of benzene rings is 3. The second-order valence-corrected chi connectivity index (χ2v) is 12.5. The molecule has 1 atom stereocenters. The lowest BCUT2D eigenvalue weighted by Gasteiger charge is -2.28. The molecule has 2 heterocycles. The molecule has 0 saturated carbocycles. The van der Waals surface area contributed by atoms with E-state index in [2.05, 4.69) is 16.0 Å². The van der Waals surface area contributed by atoms with Gasteiger partial charge in [0.15, 0.2) is 0 Å². The number of hydrogen-bond acceptors (Lipinski definition) is 6. The summed E-state index contributed by atoms with van der Waals surface area (Å²) in [6.07, 6.45) is 1.83. The first-order valence-electron chi connectivity index (χ1n) is 14.8. The molecule has 5 rings (SSSR count). The molecule has 1 aliphatic heterocycles. The van der Waals surface area contributed by atoms with Crippen molar-refractivity contribution >= 4 is 35.2 Å². The SMILES string of the molecule is CCNC(=O)c1ccccc1-c1ccc(CN2C(=O)[C@H](NC(=O)CC(C)(C)NCc3ccco3)CSc3ccccc32)cc1. The van der Waals surface area contributed by atoms with Crippen LogP contribution in [0.25, 0.3) is 11.1 Å². The van der Waals surface area contributed by atoms with Crippen molar-refractivity contribution in [2.24, 2.45) is 0 Å². The lowest BCUT2D eigenvalue weighted by Crippen LogP contribution is -2.51. The van der Waals surface area contributed by atoms with Gasteiger partial charge in [-0.05, 0) is 67.8 Å². The minimum Gasteiger partial charge on any atom is -0.468 e.